The molecule has 5 heterocycles. The minimum Gasteiger partial charge on any atom is -0.477 e. The van der Waals surface area contributed by atoms with E-state index in [2.05, 4.69) is 199 Å². The van der Waals surface area contributed by atoms with Crippen LogP contribution < -0.4 is 0 Å². The Labute approximate surface area is 418 Å². The van der Waals surface area contributed by atoms with Gasteiger partial charge in [-0.1, -0.05) is 152 Å². The minimum absolute atomic E-state index is 0.385. The number of carbonyl (C=O) groups is 1. The molecule has 0 aliphatic carbocycles. The number of nitrogens with one attached hydrogen (secondary N) is 2. The van der Waals surface area contributed by atoms with Crippen LogP contribution in [-0.2, 0) is 30.5 Å². The Hall–Kier alpha value is -7.82. The number of H-pyrrole nitrogens is 2. The van der Waals surface area contributed by atoms with Crippen LogP contribution in [0.3, 0.4) is 0 Å². The maximum Gasteiger partial charge on any atom is 0.346 e. The molecule has 356 valence electrons. The van der Waals surface area contributed by atoms with Gasteiger partial charge in [-0.3, -0.25) is 0 Å². The minimum atomic E-state index is -1.30. The lowest BCUT2D eigenvalue weighted by molar-refractivity contribution is -0.132. The number of carboxylic acid groups (broad SMARTS) is 1. The molecule has 9 rings (SSSR count). The fourth-order valence-corrected chi connectivity index (χ4v) is 10.0. The summed E-state index contributed by atoms with van der Waals surface area (Å²) >= 11 is 0. The molecule has 8 bridgehead atoms. The normalized spacial score (nSPS) is 12.6. The van der Waals surface area contributed by atoms with E-state index in [4.69, 9.17) is 9.97 Å². The van der Waals surface area contributed by atoms with E-state index in [1.54, 1.807) is 0 Å². The first-order chi connectivity index (χ1) is 34.2. The molecule has 4 aromatic carbocycles. The molecule has 0 spiro atoms. The lowest BCUT2D eigenvalue weighted by atomic mass is 9.95. The second kappa shape index (κ2) is 20.6. The largest absolute Gasteiger partial charge is 0.477 e. The number of allylic oxidation sites excluding steroid dienone is 2. The van der Waals surface area contributed by atoms with Crippen molar-refractivity contribution in [3.8, 4) is 50.6 Å². The van der Waals surface area contributed by atoms with Crippen LogP contribution in [0.15, 0.2) is 133 Å². The number of hydrogen-bond donors (Lipinski definition) is 3. The van der Waals surface area contributed by atoms with Gasteiger partial charge in [0.1, 0.15) is 11.6 Å². The number of aromatic amines is 2. The van der Waals surface area contributed by atoms with Crippen molar-refractivity contribution in [3.05, 3.63) is 178 Å². The zero-order valence-corrected chi connectivity index (χ0v) is 42.2. The average Bonchev–Trinajstić information content (AvgIpc) is 4.17. The maximum atomic E-state index is 12.7. The van der Waals surface area contributed by atoms with E-state index in [1.165, 1.54) is 28.3 Å². The fraction of sp³-hybridized carbons (Fsp3) is 0.250. The lowest BCUT2D eigenvalue weighted by Gasteiger charge is -2.10. The molecular weight excluding hydrogens is 871 g/mol. The highest BCUT2D eigenvalue weighted by Crippen LogP contribution is 2.41. The molecule has 0 radical (unpaired) electrons. The Morgan fingerprint density at radius 3 is 1.14 bits per heavy atom. The summed E-state index contributed by atoms with van der Waals surface area (Å²) in [6.45, 7) is 17.8. The maximum absolute atomic E-state index is 12.7. The van der Waals surface area contributed by atoms with Crippen molar-refractivity contribution in [2.45, 2.75) is 81.1 Å². The number of nitriles is 1. The molecule has 2 aliphatic heterocycles. The molecule has 2 aliphatic rings. The van der Waals surface area contributed by atoms with Crippen molar-refractivity contribution < 1.29 is 9.90 Å². The smallest absolute Gasteiger partial charge is 0.346 e. The van der Waals surface area contributed by atoms with E-state index in [-0.39, 0.29) is 5.57 Å². The Balaban J connectivity index is 1.45. The van der Waals surface area contributed by atoms with Gasteiger partial charge in [-0.25, -0.2) is 14.8 Å². The topological polar surface area (TPSA) is 118 Å². The molecule has 7 nitrogen and oxygen atoms in total. The Morgan fingerprint density at radius 1 is 0.493 bits per heavy atom. The molecule has 0 fully saturated rings. The first kappa shape index (κ1) is 48.2. The summed E-state index contributed by atoms with van der Waals surface area (Å²) in [7, 11) is 0. The van der Waals surface area contributed by atoms with Gasteiger partial charge in [0.15, 0.2) is 0 Å². The van der Waals surface area contributed by atoms with Gasteiger partial charge in [0.25, 0.3) is 0 Å². The monoisotopic (exact) mass is 933 g/mol. The van der Waals surface area contributed by atoms with E-state index in [0.29, 0.717) is 40.6 Å². The van der Waals surface area contributed by atoms with Crippen molar-refractivity contribution in [1.82, 2.24) is 19.9 Å². The van der Waals surface area contributed by atoms with Crippen LogP contribution in [0.4, 0.5) is 0 Å². The Bertz CT molecular complexity index is 3420. The van der Waals surface area contributed by atoms with Gasteiger partial charge in [-0.15, -0.1) is 0 Å². The number of hydrogen-bond acceptors (Lipinski definition) is 4. The average molecular weight is 934 g/mol. The quantitative estimate of drug-likeness (QED) is 0.0741. The molecule has 3 N–H and O–H groups in total. The van der Waals surface area contributed by atoms with Gasteiger partial charge in [0, 0.05) is 49.9 Å². The van der Waals surface area contributed by atoms with Gasteiger partial charge in [-0.05, 0) is 142 Å². The van der Waals surface area contributed by atoms with Crippen molar-refractivity contribution >= 4 is 51.8 Å². The number of rotatable bonds is 14. The standard InChI is InChI=1S/C64H63N5O2/c1-38(2)31-42-9-17-46(18-10-42)59-52-25-26-53(66-52)60(47-19-11-43(12-20-47)32-39(3)4)55-29-30-57(68-55)62(49-23-15-45(16-24-49)34-41(7)8)63-50(35-51(37-65)64(70)71)36-58(69-63)61(56-28-27-54(59)67-56)48-21-13-44(14-22-48)33-40(5)6/h9-30,35-36,38-41,67-68H,31-34H2,1-8H3,(H,70,71)/b51-35+,59-52?,59-54?,60-53?,60-55?,61-56?,61-58?,62-57?,63-62?. The number of aliphatic carboxylic acids is 1. The first-order valence-electron chi connectivity index (χ1n) is 25.1. The van der Waals surface area contributed by atoms with Gasteiger partial charge in [-0.2, -0.15) is 5.26 Å². The molecule has 7 aromatic rings. The zero-order valence-electron chi connectivity index (χ0n) is 42.2. The molecule has 0 saturated carbocycles. The van der Waals surface area contributed by atoms with E-state index < -0.39 is 5.97 Å². The number of aromatic nitrogens is 4. The van der Waals surface area contributed by atoms with Gasteiger partial charge >= 0.3 is 5.97 Å². The molecule has 71 heavy (non-hydrogen) atoms. The SMILES string of the molecule is CC(C)Cc1ccc(-c2c3nc(c(-c4ccc(CC(C)C)cc4)c4ccc([nH]4)c(-c4ccc(CC(C)C)cc4)c4nc(c(-c5ccc(CC(C)C)cc5)c5ccc2[nH]5)C=C4/C=C(\C#N)C(=O)O)C=C3)cc1. The van der Waals surface area contributed by atoms with Crippen LogP contribution in [0.25, 0.3) is 90.4 Å². The molecule has 0 amide bonds. The molecule has 0 saturated heterocycles. The highest BCUT2D eigenvalue weighted by Gasteiger charge is 2.24. The number of nitrogens with zero attached hydrogens (tertiary/aromatic N) is 3. The van der Waals surface area contributed by atoms with Crippen LogP contribution in [0, 0.1) is 35.0 Å². The second-order valence-corrected chi connectivity index (χ2v) is 20.9. The van der Waals surface area contributed by atoms with Crippen molar-refractivity contribution in [3.63, 3.8) is 0 Å². The summed E-state index contributed by atoms with van der Waals surface area (Å²) in [6.07, 6.45) is 11.5. The lowest BCUT2D eigenvalue weighted by Crippen LogP contribution is -1.98. The van der Waals surface area contributed by atoms with Crippen LogP contribution >= 0.6 is 0 Å². The summed E-state index contributed by atoms with van der Waals surface area (Å²) in [5.74, 6) is 0.704. The van der Waals surface area contributed by atoms with E-state index in [9.17, 15) is 15.2 Å². The van der Waals surface area contributed by atoms with Crippen LogP contribution in [0.5, 0.6) is 0 Å². The molecule has 3 aromatic heterocycles. The summed E-state index contributed by atoms with van der Waals surface area (Å²) < 4.78 is 0. The third-order valence-corrected chi connectivity index (χ3v) is 13.1. The number of carboxylic acids is 1. The van der Waals surface area contributed by atoms with Crippen molar-refractivity contribution in [2.75, 3.05) is 0 Å². The summed E-state index contributed by atoms with van der Waals surface area (Å²) in [6, 6.07) is 45.3. The Morgan fingerprint density at radius 2 is 0.817 bits per heavy atom. The summed E-state index contributed by atoms with van der Waals surface area (Å²) in [5.41, 5.74) is 18.8. The second-order valence-electron chi connectivity index (χ2n) is 20.9. The van der Waals surface area contributed by atoms with E-state index in [1.807, 2.05) is 12.1 Å². The van der Waals surface area contributed by atoms with Gasteiger partial charge in [0.05, 0.1) is 22.8 Å². The highest BCUT2D eigenvalue weighted by molar-refractivity contribution is 6.06. The summed E-state index contributed by atoms with van der Waals surface area (Å²) in [5, 5.41) is 20.6. The fourth-order valence-electron chi connectivity index (χ4n) is 10.0. The molecule has 7 heteroatoms. The zero-order chi connectivity index (χ0) is 49.9. The van der Waals surface area contributed by atoms with Crippen LogP contribution in [0.1, 0.15) is 100 Å². The van der Waals surface area contributed by atoms with E-state index >= 15 is 0 Å². The predicted molar refractivity (Wildman–Crippen MR) is 295 cm³/mol. The van der Waals surface area contributed by atoms with Gasteiger partial charge in [0.2, 0.25) is 0 Å². The first-order valence-corrected chi connectivity index (χ1v) is 25.1. The van der Waals surface area contributed by atoms with Gasteiger partial charge < -0.3 is 15.1 Å². The van der Waals surface area contributed by atoms with Crippen molar-refractivity contribution in [1.29, 1.82) is 5.26 Å². The molecule has 0 atom stereocenters. The number of fused-ring (bicyclic) bond motifs is 8. The molecule has 0 unspecified atom stereocenters. The van der Waals surface area contributed by atoms with E-state index in [0.717, 1.165) is 104 Å². The number of benzene rings is 4. The van der Waals surface area contributed by atoms with Crippen LogP contribution in [-0.4, -0.2) is 31.0 Å². The molecular formula is C64H63N5O2. The predicted octanol–water partition coefficient (Wildman–Crippen LogP) is 16.0. The highest BCUT2D eigenvalue weighted by atomic mass is 16.4. The summed E-state index contributed by atoms with van der Waals surface area (Å²) in [4.78, 5) is 31.5. The van der Waals surface area contributed by atoms with Crippen molar-refractivity contribution in [2.24, 2.45) is 23.7 Å². The third-order valence-electron chi connectivity index (χ3n) is 13.1. The van der Waals surface area contributed by atoms with Crippen LogP contribution in [0.2, 0.25) is 0 Å². The third kappa shape index (κ3) is 10.7. The Kier molecular flexibility index (Phi) is 14.0.